The van der Waals surface area contributed by atoms with Gasteiger partial charge in [0, 0.05) is 0 Å². The maximum atomic E-state index is 11.9. The number of ether oxygens (including phenoxy) is 2. The van der Waals surface area contributed by atoms with Crippen LogP contribution in [0.15, 0.2) is 38.3 Å². The van der Waals surface area contributed by atoms with Gasteiger partial charge in [-0.15, -0.1) is 0 Å². The Labute approximate surface area is 174 Å². The number of aromatic hydroxyl groups is 1. The van der Waals surface area contributed by atoms with Gasteiger partial charge in [-0.3, -0.25) is 4.79 Å². The highest BCUT2D eigenvalue weighted by Gasteiger charge is 2.10. The topological polar surface area (TPSA) is 80.2 Å². The molecular weight excluding hydrogens is 480 g/mol. The van der Waals surface area contributed by atoms with Crippen molar-refractivity contribution in [3.63, 3.8) is 0 Å². The van der Waals surface area contributed by atoms with Crippen molar-refractivity contribution in [2.24, 2.45) is 5.10 Å². The summed E-state index contributed by atoms with van der Waals surface area (Å²) in [6.45, 7) is 5.98. The van der Waals surface area contributed by atoms with Gasteiger partial charge in [0.1, 0.15) is 5.75 Å². The molecule has 1 amide bonds. The largest absolute Gasteiger partial charge is 0.503 e. The summed E-state index contributed by atoms with van der Waals surface area (Å²) < 4.78 is 12.2. The Morgan fingerprint density at radius 2 is 1.93 bits per heavy atom. The Bertz CT molecular complexity index is 846. The molecule has 6 nitrogen and oxygen atoms in total. The quantitative estimate of drug-likeness (QED) is 0.435. The fourth-order valence-electron chi connectivity index (χ4n) is 2.37. The van der Waals surface area contributed by atoms with Crippen LogP contribution in [0.4, 0.5) is 0 Å². The molecular formula is C19H20Br2N2O4. The number of hydrogen-bond donors (Lipinski definition) is 2. The van der Waals surface area contributed by atoms with Crippen LogP contribution in [0.3, 0.4) is 0 Å². The first-order valence-corrected chi connectivity index (χ1v) is 9.77. The molecule has 0 radical (unpaired) electrons. The van der Waals surface area contributed by atoms with E-state index in [0.29, 0.717) is 28.1 Å². The average Bonchev–Trinajstić information content (AvgIpc) is 2.58. The van der Waals surface area contributed by atoms with Gasteiger partial charge in [0.15, 0.2) is 18.1 Å². The second-order valence-electron chi connectivity index (χ2n) is 5.76. The van der Waals surface area contributed by atoms with Crippen molar-refractivity contribution >= 4 is 44.0 Å². The zero-order valence-corrected chi connectivity index (χ0v) is 18.3. The first-order chi connectivity index (χ1) is 12.8. The molecule has 0 unspecified atom stereocenters. The number of rotatable bonds is 7. The second kappa shape index (κ2) is 9.75. The third-order valence-electron chi connectivity index (χ3n) is 3.47. The molecule has 0 aromatic heterocycles. The van der Waals surface area contributed by atoms with Crippen LogP contribution in [-0.4, -0.2) is 30.4 Å². The number of hydrazone groups is 1. The summed E-state index contributed by atoms with van der Waals surface area (Å²) >= 11 is 6.69. The number of carbonyl (C=O) groups is 1. The van der Waals surface area contributed by atoms with Gasteiger partial charge in [-0.05, 0) is 87.5 Å². The van der Waals surface area contributed by atoms with Crippen LogP contribution in [0.5, 0.6) is 17.2 Å². The average molecular weight is 500 g/mol. The van der Waals surface area contributed by atoms with Crippen molar-refractivity contribution in [2.75, 3.05) is 13.2 Å². The summed E-state index contributed by atoms with van der Waals surface area (Å²) in [5.41, 5.74) is 5.11. The van der Waals surface area contributed by atoms with Crippen LogP contribution in [0, 0.1) is 13.8 Å². The van der Waals surface area contributed by atoms with Gasteiger partial charge in [-0.2, -0.15) is 5.10 Å². The third kappa shape index (κ3) is 5.97. The molecule has 0 heterocycles. The molecule has 0 saturated carbocycles. The monoisotopic (exact) mass is 498 g/mol. The number of nitrogens with zero attached hydrogens (tertiary/aromatic N) is 1. The maximum absolute atomic E-state index is 11.9. The summed E-state index contributed by atoms with van der Waals surface area (Å²) in [4.78, 5) is 11.9. The van der Waals surface area contributed by atoms with Crippen molar-refractivity contribution in [2.45, 2.75) is 20.8 Å². The number of nitrogens with one attached hydrogen (secondary N) is 1. The van der Waals surface area contributed by atoms with E-state index in [2.05, 4.69) is 42.4 Å². The Kier molecular flexibility index (Phi) is 7.67. The van der Waals surface area contributed by atoms with E-state index in [1.807, 2.05) is 32.9 Å². The van der Waals surface area contributed by atoms with Gasteiger partial charge in [0.2, 0.25) is 0 Å². The first-order valence-electron chi connectivity index (χ1n) is 8.18. The van der Waals surface area contributed by atoms with Gasteiger partial charge in [0.05, 0.1) is 21.8 Å². The Morgan fingerprint density at radius 1 is 1.19 bits per heavy atom. The molecule has 144 valence electrons. The lowest BCUT2D eigenvalue weighted by Crippen LogP contribution is -2.24. The van der Waals surface area contributed by atoms with Crippen LogP contribution in [0.1, 0.15) is 23.6 Å². The van der Waals surface area contributed by atoms with Gasteiger partial charge < -0.3 is 14.6 Å². The number of benzene rings is 2. The zero-order valence-electron chi connectivity index (χ0n) is 15.2. The van der Waals surface area contributed by atoms with Crippen molar-refractivity contribution in [3.05, 3.63) is 49.9 Å². The molecule has 2 N–H and O–H groups in total. The van der Waals surface area contributed by atoms with E-state index in [-0.39, 0.29) is 18.3 Å². The Morgan fingerprint density at radius 3 is 2.59 bits per heavy atom. The van der Waals surface area contributed by atoms with Crippen LogP contribution in [0.2, 0.25) is 0 Å². The number of phenols is 1. The number of amides is 1. The van der Waals surface area contributed by atoms with E-state index in [0.717, 1.165) is 15.6 Å². The van der Waals surface area contributed by atoms with Gasteiger partial charge in [0.25, 0.3) is 5.91 Å². The molecule has 2 aromatic rings. The fraction of sp³-hybridized carbons (Fsp3) is 0.263. The molecule has 0 aliphatic heterocycles. The van der Waals surface area contributed by atoms with E-state index in [1.54, 1.807) is 12.1 Å². The van der Waals surface area contributed by atoms with E-state index >= 15 is 0 Å². The van der Waals surface area contributed by atoms with Crippen molar-refractivity contribution < 1.29 is 19.4 Å². The highest BCUT2D eigenvalue weighted by molar-refractivity contribution is 9.10. The number of halogens is 2. The molecule has 8 heteroatoms. The molecule has 0 fully saturated rings. The summed E-state index contributed by atoms with van der Waals surface area (Å²) in [6, 6.07) is 7.20. The van der Waals surface area contributed by atoms with Crippen LogP contribution in [-0.2, 0) is 4.79 Å². The minimum absolute atomic E-state index is 0.0190. The molecule has 27 heavy (non-hydrogen) atoms. The zero-order chi connectivity index (χ0) is 20.0. The minimum Gasteiger partial charge on any atom is -0.503 e. The Hall–Kier alpha value is -2.06. The molecule has 0 aliphatic rings. The second-order valence-corrected chi connectivity index (χ2v) is 7.47. The predicted molar refractivity (Wildman–Crippen MR) is 112 cm³/mol. The van der Waals surface area contributed by atoms with Gasteiger partial charge >= 0.3 is 0 Å². The van der Waals surface area contributed by atoms with Crippen molar-refractivity contribution in [1.29, 1.82) is 0 Å². The maximum Gasteiger partial charge on any atom is 0.277 e. The summed E-state index contributed by atoms with van der Waals surface area (Å²) in [5.74, 6) is 0.595. The molecule has 2 rings (SSSR count). The summed E-state index contributed by atoms with van der Waals surface area (Å²) in [5, 5.41) is 13.8. The normalized spacial score (nSPS) is 10.9. The van der Waals surface area contributed by atoms with Crippen LogP contribution in [0.25, 0.3) is 0 Å². The molecule has 2 aromatic carbocycles. The third-order valence-corrected chi connectivity index (χ3v) is 4.67. The lowest BCUT2D eigenvalue weighted by Gasteiger charge is -2.11. The lowest BCUT2D eigenvalue weighted by atomic mass is 10.1. The van der Waals surface area contributed by atoms with Crippen LogP contribution >= 0.6 is 31.9 Å². The first kappa shape index (κ1) is 21.2. The highest BCUT2D eigenvalue weighted by atomic mass is 79.9. The highest BCUT2D eigenvalue weighted by Crippen LogP contribution is 2.35. The molecule has 0 bridgehead atoms. The van der Waals surface area contributed by atoms with Crippen LogP contribution < -0.4 is 14.9 Å². The van der Waals surface area contributed by atoms with Gasteiger partial charge in [-0.1, -0.05) is 6.07 Å². The van der Waals surface area contributed by atoms with E-state index < -0.39 is 0 Å². The van der Waals surface area contributed by atoms with E-state index in [1.165, 1.54) is 6.21 Å². The number of carbonyl (C=O) groups excluding carboxylic acids is 1. The molecule has 0 saturated heterocycles. The predicted octanol–water partition coefficient (Wildman–Crippen LogP) is 4.46. The summed E-state index contributed by atoms with van der Waals surface area (Å²) in [6.07, 6.45) is 1.46. The number of aryl methyl sites for hydroxylation is 2. The molecule has 0 aliphatic carbocycles. The fourth-order valence-corrected chi connectivity index (χ4v) is 3.62. The van der Waals surface area contributed by atoms with E-state index in [4.69, 9.17) is 9.47 Å². The van der Waals surface area contributed by atoms with Crippen molar-refractivity contribution in [1.82, 2.24) is 5.43 Å². The lowest BCUT2D eigenvalue weighted by molar-refractivity contribution is -0.123. The number of hydrogen-bond acceptors (Lipinski definition) is 5. The standard InChI is InChI=1S/C19H20Br2N2O4/c1-4-26-16-8-13(7-14(20)18(16)25)9-22-23-17(24)10-27-19-12(3)5-11(2)6-15(19)21/h5-9,25H,4,10H2,1-3H3,(H,23,24)/b22-9-. The van der Waals surface area contributed by atoms with Crippen molar-refractivity contribution in [3.8, 4) is 17.2 Å². The SMILES string of the molecule is CCOc1cc(/C=N\NC(=O)COc2c(C)cc(C)cc2Br)cc(Br)c1O. The smallest absolute Gasteiger partial charge is 0.277 e. The van der Waals surface area contributed by atoms with E-state index in [9.17, 15) is 9.90 Å². The number of phenolic OH excluding ortho intramolecular Hbond substituents is 1. The van der Waals surface area contributed by atoms with Gasteiger partial charge in [-0.25, -0.2) is 5.43 Å². The molecule has 0 atom stereocenters. The summed E-state index contributed by atoms with van der Waals surface area (Å²) in [7, 11) is 0. The molecule has 0 spiro atoms. The Balaban J connectivity index is 1.96. The minimum atomic E-state index is -0.388.